The Morgan fingerprint density at radius 3 is 2.88 bits per heavy atom. The van der Waals surface area contributed by atoms with Gasteiger partial charge in [0.2, 0.25) is 0 Å². The highest BCUT2D eigenvalue weighted by Gasteiger charge is 2.28. The molecule has 0 spiro atoms. The van der Waals surface area contributed by atoms with Crippen LogP contribution in [0.5, 0.6) is 0 Å². The Bertz CT molecular complexity index is 749. The summed E-state index contributed by atoms with van der Waals surface area (Å²) in [5, 5.41) is 4.03. The van der Waals surface area contributed by atoms with Gasteiger partial charge >= 0.3 is 6.09 Å². The maximum absolute atomic E-state index is 11.9. The fourth-order valence-corrected chi connectivity index (χ4v) is 3.05. The maximum atomic E-state index is 11.9. The number of fused-ring (bicyclic) bond motifs is 1. The number of anilines is 1. The van der Waals surface area contributed by atoms with Crippen LogP contribution >= 0.6 is 0 Å². The minimum absolute atomic E-state index is 0.0638. The fraction of sp³-hybridized carbons (Fsp3) is 0.500. The Labute approximate surface area is 142 Å². The van der Waals surface area contributed by atoms with Crippen LogP contribution in [0, 0.1) is 6.92 Å². The number of hydrogen-bond donors (Lipinski definition) is 1. The molecule has 0 bridgehead atoms. The van der Waals surface area contributed by atoms with E-state index in [1.54, 1.807) is 6.33 Å². The predicted octanol–water partition coefficient (Wildman–Crippen LogP) is 3.04. The zero-order valence-corrected chi connectivity index (χ0v) is 14.7. The summed E-state index contributed by atoms with van der Waals surface area (Å²) in [7, 11) is 0. The summed E-state index contributed by atoms with van der Waals surface area (Å²) in [4.78, 5) is 23.0. The van der Waals surface area contributed by atoms with Gasteiger partial charge in [-0.25, -0.2) is 14.8 Å². The number of alkyl carbamates (subject to hydrolysis) is 1. The van der Waals surface area contributed by atoms with Crippen molar-refractivity contribution in [2.45, 2.75) is 45.8 Å². The van der Waals surface area contributed by atoms with Crippen molar-refractivity contribution in [1.82, 2.24) is 15.3 Å². The van der Waals surface area contributed by atoms with Gasteiger partial charge in [-0.15, -0.1) is 0 Å². The maximum Gasteiger partial charge on any atom is 0.407 e. The number of ether oxygens (including phenoxy) is 1. The van der Waals surface area contributed by atoms with E-state index >= 15 is 0 Å². The first kappa shape index (κ1) is 16.5. The first-order chi connectivity index (χ1) is 11.3. The predicted molar refractivity (Wildman–Crippen MR) is 94.3 cm³/mol. The third-order valence-electron chi connectivity index (χ3n) is 4.06. The number of benzene rings is 1. The summed E-state index contributed by atoms with van der Waals surface area (Å²) >= 11 is 0. The summed E-state index contributed by atoms with van der Waals surface area (Å²) in [6.45, 7) is 9.23. The lowest BCUT2D eigenvalue weighted by molar-refractivity contribution is 0.0509. The Kier molecular flexibility index (Phi) is 4.30. The highest BCUT2D eigenvalue weighted by molar-refractivity contribution is 5.92. The number of carbonyl (C=O) groups is 1. The van der Waals surface area contributed by atoms with Crippen molar-refractivity contribution >= 4 is 22.8 Å². The van der Waals surface area contributed by atoms with Crippen LogP contribution in [0.15, 0.2) is 24.5 Å². The molecule has 1 aliphatic rings. The van der Waals surface area contributed by atoms with Crippen LogP contribution in [-0.2, 0) is 4.74 Å². The number of nitrogens with zero attached hydrogens (tertiary/aromatic N) is 3. The molecular formula is C18H24N4O2. The van der Waals surface area contributed by atoms with Gasteiger partial charge in [0, 0.05) is 18.5 Å². The smallest absolute Gasteiger partial charge is 0.407 e. The molecule has 1 N–H and O–H groups in total. The molecule has 6 heteroatoms. The molecule has 2 heterocycles. The molecule has 1 aromatic heterocycles. The summed E-state index contributed by atoms with van der Waals surface area (Å²) in [6.07, 6.45) is 2.11. The SMILES string of the molecule is Cc1cccc2ncnc(N3CC[C@@H](NC(=O)OC(C)(C)C)C3)c12. The summed E-state index contributed by atoms with van der Waals surface area (Å²) in [5.41, 5.74) is 1.62. The average molecular weight is 328 g/mol. The van der Waals surface area contributed by atoms with Crippen molar-refractivity contribution < 1.29 is 9.53 Å². The normalized spacial score (nSPS) is 18.0. The highest BCUT2D eigenvalue weighted by Crippen LogP contribution is 2.28. The molecule has 24 heavy (non-hydrogen) atoms. The largest absolute Gasteiger partial charge is 0.444 e. The average Bonchev–Trinajstić information content (AvgIpc) is 2.93. The molecule has 0 saturated carbocycles. The Morgan fingerprint density at radius 1 is 1.33 bits per heavy atom. The number of hydrogen-bond acceptors (Lipinski definition) is 5. The van der Waals surface area contributed by atoms with Gasteiger partial charge in [-0.05, 0) is 45.7 Å². The van der Waals surface area contributed by atoms with E-state index in [4.69, 9.17) is 4.74 Å². The Balaban J connectivity index is 1.74. The quantitative estimate of drug-likeness (QED) is 0.918. The van der Waals surface area contributed by atoms with Gasteiger partial charge in [0.05, 0.1) is 11.6 Å². The number of carbonyl (C=O) groups excluding carboxylic acids is 1. The molecule has 0 unspecified atom stereocenters. The fourth-order valence-electron chi connectivity index (χ4n) is 3.05. The minimum atomic E-state index is -0.484. The van der Waals surface area contributed by atoms with E-state index in [0.29, 0.717) is 0 Å². The van der Waals surface area contributed by atoms with Gasteiger partial charge < -0.3 is 15.0 Å². The molecule has 6 nitrogen and oxygen atoms in total. The molecule has 1 atom stereocenters. The third kappa shape index (κ3) is 3.58. The highest BCUT2D eigenvalue weighted by atomic mass is 16.6. The lowest BCUT2D eigenvalue weighted by Gasteiger charge is -2.22. The van der Waals surface area contributed by atoms with Crippen LogP contribution in [0.3, 0.4) is 0 Å². The van der Waals surface area contributed by atoms with Crippen LogP contribution < -0.4 is 10.2 Å². The molecule has 1 saturated heterocycles. The van der Waals surface area contributed by atoms with Crippen molar-refractivity contribution in [3.05, 3.63) is 30.1 Å². The number of amides is 1. The number of rotatable bonds is 2. The zero-order chi connectivity index (χ0) is 17.3. The molecule has 0 radical (unpaired) electrons. The number of aromatic nitrogens is 2. The molecular weight excluding hydrogens is 304 g/mol. The second-order valence-electron chi connectivity index (χ2n) is 7.24. The van der Waals surface area contributed by atoms with E-state index in [1.807, 2.05) is 32.9 Å². The van der Waals surface area contributed by atoms with Gasteiger partial charge in [-0.2, -0.15) is 0 Å². The van der Waals surface area contributed by atoms with Crippen LogP contribution in [0.1, 0.15) is 32.8 Å². The lowest BCUT2D eigenvalue weighted by atomic mass is 10.1. The van der Waals surface area contributed by atoms with E-state index in [9.17, 15) is 4.79 Å². The van der Waals surface area contributed by atoms with Gasteiger partial charge in [0.25, 0.3) is 0 Å². The second kappa shape index (κ2) is 6.26. The van der Waals surface area contributed by atoms with E-state index in [-0.39, 0.29) is 12.1 Å². The van der Waals surface area contributed by atoms with E-state index < -0.39 is 5.60 Å². The molecule has 1 fully saturated rings. The number of aryl methyl sites for hydroxylation is 1. The topological polar surface area (TPSA) is 67.4 Å². The molecule has 1 aromatic carbocycles. The summed E-state index contributed by atoms with van der Waals surface area (Å²) in [6, 6.07) is 6.14. The minimum Gasteiger partial charge on any atom is -0.444 e. The molecule has 2 aromatic rings. The van der Waals surface area contributed by atoms with Gasteiger partial charge in [0.15, 0.2) is 0 Å². The van der Waals surface area contributed by atoms with Crippen molar-refractivity contribution in [1.29, 1.82) is 0 Å². The van der Waals surface area contributed by atoms with Crippen molar-refractivity contribution in [3.63, 3.8) is 0 Å². The Hall–Kier alpha value is -2.37. The second-order valence-corrected chi connectivity index (χ2v) is 7.24. The lowest BCUT2D eigenvalue weighted by Crippen LogP contribution is -2.40. The first-order valence-corrected chi connectivity index (χ1v) is 8.28. The van der Waals surface area contributed by atoms with Crippen LogP contribution in [-0.4, -0.2) is 40.8 Å². The molecule has 3 rings (SSSR count). The summed E-state index contributed by atoms with van der Waals surface area (Å²) < 4.78 is 5.34. The van der Waals surface area contributed by atoms with Crippen molar-refractivity contribution in [2.24, 2.45) is 0 Å². The number of nitrogens with one attached hydrogen (secondary N) is 1. The van der Waals surface area contributed by atoms with E-state index in [1.165, 1.54) is 0 Å². The van der Waals surface area contributed by atoms with E-state index in [2.05, 4.69) is 33.2 Å². The van der Waals surface area contributed by atoms with Gasteiger partial charge in [-0.3, -0.25) is 0 Å². The Morgan fingerprint density at radius 2 is 2.12 bits per heavy atom. The molecule has 128 valence electrons. The standard InChI is InChI=1S/C18H24N4O2/c1-12-6-5-7-14-15(12)16(20-11-19-14)22-9-8-13(10-22)21-17(23)24-18(2,3)4/h5-7,11,13H,8-10H2,1-4H3,(H,21,23)/t13-/m1/s1. The monoisotopic (exact) mass is 328 g/mol. The van der Waals surface area contributed by atoms with Crippen LogP contribution in [0.25, 0.3) is 10.9 Å². The molecule has 0 aliphatic carbocycles. The zero-order valence-electron chi connectivity index (χ0n) is 14.7. The molecule has 1 aliphatic heterocycles. The van der Waals surface area contributed by atoms with E-state index in [0.717, 1.165) is 41.8 Å². The third-order valence-corrected chi connectivity index (χ3v) is 4.06. The summed E-state index contributed by atoms with van der Waals surface area (Å²) in [5.74, 6) is 0.937. The van der Waals surface area contributed by atoms with Crippen LogP contribution in [0.2, 0.25) is 0 Å². The first-order valence-electron chi connectivity index (χ1n) is 8.28. The van der Waals surface area contributed by atoms with Crippen molar-refractivity contribution in [2.75, 3.05) is 18.0 Å². The molecule has 1 amide bonds. The van der Waals surface area contributed by atoms with Gasteiger partial charge in [0.1, 0.15) is 17.7 Å². The van der Waals surface area contributed by atoms with Gasteiger partial charge in [-0.1, -0.05) is 12.1 Å². The van der Waals surface area contributed by atoms with Crippen molar-refractivity contribution in [3.8, 4) is 0 Å². The van der Waals surface area contributed by atoms with Crippen LogP contribution in [0.4, 0.5) is 10.6 Å².